The van der Waals surface area contributed by atoms with Gasteiger partial charge in [0.1, 0.15) is 12.3 Å². The van der Waals surface area contributed by atoms with E-state index in [9.17, 15) is 0 Å². The van der Waals surface area contributed by atoms with Crippen LogP contribution in [-0.2, 0) is 12.0 Å². The first kappa shape index (κ1) is 13.4. The number of imidazole rings is 1. The number of nitrogens with one attached hydrogen (secondary N) is 1. The Kier molecular flexibility index (Phi) is 3.38. The molecule has 0 atom stereocenters. The van der Waals surface area contributed by atoms with E-state index in [1.165, 1.54) is 5.69 Å². The molecule has 0 radical (unpaired) electrons. The maximum atomic E-state index is 5.69. The van der Waals surface area contributed by atoms with Gasteiger partial charge in [-0.15, -0.1) is 0 Å². The molecule has 1 saturated heterocycles. The number of rotatable bonds is 3. The molecule has 3 heterocycles. The van der Waals surface area contributed by atoms with Crippen LogP contribution in [0.4, 0.5) is 0 Å². The summed E-state index contributed by atoms with van der Waals surface area (Å²) in [4.78, 5) is 8.81. The highest BCUT2D eigenvalue weighted by Crippen LogP contribution is 2.32. The average Bonchev–Trinajstić information content (AvgIpc) is 2.99. The third-order valence-electron chi connectivity index (χ3n) is 4.42. The Labute approximate surface area is 119 Å². The van der Waals surface area contributed by atoms with Crippen LogP contribution in [0.15, 0.2) is 16.9 Å². The molecule has 20 heavy (non-hydrogen) atoms. The number of aryl methyl sites for hydroxylation is 2. The van der Waals surface area contributed by atoms with Gasteiger partial charge in [0.25, 0.3) is 0 Å². The summed E-state index contributed by atoms with van der Waals surface area (Å²) < 4.78 is 7.87. The Hall–Kier alpha value is -1.62. The molecule has 0 aliphatic carbocycles. The second-order valence-corrected chi connectivity index (χ2v) is 5.97. The molecule has 1 aliphatic rings. The topological polar surface area (TPSA) is 55.9 Å². The second kappa shape index (κ2) is 5.05. The fraction of sp³-hybridized carbons (Fsp3) is 0.600. The molecule has 1 aliphatic heterocycles. The van der Waals surface area contributed by atoms with Gasteiger partial charge in [0.15, 0.2) is 0 Å². The van der Waals surface area contributed by atoms with Crippen LogP contribution in [0, 0.1) is 13.8 Å². The fourth-order valence-electron chi connectivity index (χ4n) is 2.94. The molecule has 0 spiro atoms. The quantitative estimate of drug-likeness (QED) is 0.932. The zero-order valence-electron chi connectivity index (χ0n) is 12.4. The Bertz CT molecular complexity index is 573. The summed E-state index contributed by atoms with van der Waals surface area (Å²) in [7, 11) is 0. The maximum Gasteiger partial charge on any atom is 0.214 e. The van der Waals surface area contributed by atoms with Gasteiger partial charge in [-0.1, -0.05) is 6.92 Å². The second-order valence-electron chi connectivity index (χ2n) is 5.97. The minimum Gasteiger partial charge on any atom is -0.444 e. The Morgan fingerprint density at radius 2 is 2.10 bits per heavy atom. The van der Waals surface area contributed by atoms with Crippen molar-refractivity contribution in [3.8, 4) is 0 Å². The number of aromatic nitrogens is 3. The molecule has 0 amide bonds. The lowest BCUT2D eigenvalue weighted by atomic mass is 9.78. The van der Waals surface area contributed by atoms with Crippen molar-refractivity contribution in [1.82, 2.24) is 19.9 Å². The van der Waals surface area contributed by atoms with Gasteiger partial charge in [0.2, 0.25) is 5.89 Å². The van der Waals surface area contributed by atoms with Crippen LogP contribution in [0.5, 0.6) is 0 Å². The molecule has 0 saturated carbocycles. The lowest BCUT2D eigenvalue weighted by Crippen LogP contribution is -2.39. The van der Waals surface area contributed by atoms with Crippen molar-refractivity contribution < 1.29 is 4.42 Å². The van der Waals surface area contributed by atoms with Crippen molar-refractivity contribution in [2.45, 2.75) is 45.6 Å². The third-order valence-corrected chi connectivity index (χ3v) is 4.42. The van der Waals surface area contributed by atoms with Gasteiger partial charge in [-0.05, 0) is 39.8 Å². The van der Waals surface area contributed by atoms with Crippen LogP contribution in [0.1, 0.15) is 42.8 Å². The van der Waals surface area contributed by atoms with Crippen molar-refractivity contribution in [1.29, 1.82) is 0 Å². The Morgan fingerprint density at radius 3 is 2.75 bits per heavy atom. The van der Waals surface area contributed by atoms with Crippen molar-refractivity contribution in [3.63, 3.8) is 0 Å². The number of hydrogen-bond donors (Lipinski definition) is 1. The summed E-state index contributed by atoms with van der Waals surface area (Å²) in [6.07, 6.45) is 6.16. The number of oxazole rings is 1. The van der Waals surface area contributed by atoms with Gasteiger partial charge in [0, 0.05) is 17.3 Å². The average molecular weight is 274 g/mol. The summed E-state index contributed by atoms with van der Waals surface area (Å²) >= 11 is 0. The minimum absolute atomic E-state index is 0.193. The van der Waals surface area contributed by atoms with E-state index in [0.717, 1.165) is 43.3 Å². The molecule has 0 bridgehead atoms. The Balaban J connectivity index is 1.86. The molecule has 1 N–H and O–H groups in total. The third kappa shape index (κ3) is 2.38. The van der Waals surface area contributed by atoms with Crippen molar-refractivity contribution in [3.05, 3.63) is 35.6 Å². The highest BCUT2D eigenvalue weighted by molar-refractivity contribution is 5.16. The maximum absolute atomic E-state index is 5.69. The number of nitrogens with zero attached hydrogens (tertiary/aromatic N) is 3. The minimum atomic E-state index is 0.193. The normalized spacial score (nSPS) is 18.4. The molecule has 2 aromatic rings. The summed E-state index contributed by atoms with van der Waals surface area (Å²) in [5, 5.41) is 3.42. The monoisotopic (exact) mass is 274 g/mol. The largest absolute Gasteiger partial charge is 0.444 e. The molecule has 5 nitrogen and oxygen atoms in total. The summed E-state index contributed by atoms with van der Waals surface area (Å²) in [5.74, 6) is 1.66. The smallest absolute Gasteiger partial charge is 0.214 e. The van der Waals surface area contributed by atoms with E-state index in [2.05, 4.69) is 26.8 Å². The van der Waals surface area contributed by atoms with Gasteiger partial charge >= 0.3 is 0 Å². The van der Waals surface area contributed by atoms with E-state index in [1.807, 2.05) is 26.4 Å². The molecular weight excluding hydrogens is 252 g/mol. The molecular formula is C15H22N4O. The molecule has 0 unspecified atom stereocenters. The van der Waals surface area contributed by atoms with Gasteiger partial charge in [-0.2, -0.15) is 0 Å². The van der Waals surface area contributed by atoms with Crippen LogP contribution in [0.2, 0.25) is 0 Å². The lowest BCUT2D eigenvalue weighted by molar-refractivity contribution is 0.315. The van der Waals surface area contributed by atoms with E-state index < -0.39 is 0 Å². The molecule has 5 heteroatoms. The van der Waals surface area contributed by atoms with Gasteiger partial charge in [-0.3, -0.25) is 0 Å². The molecule has 108 valence electrons. The zero-order valence-corrected chi connectivity index (χ0v) is 12.4. The summed E-state index contributed by atoms with van der Waals surface area (Å²) in [6, 6.07) is 0. The van der Waals surface area contributed by atoms with Crippen LogP contribution < -0.4 is 5.32 Å². The van der Waals surface area contributed by atoms with Crippen molar-refractivity contribution in [2.24, 2.45) is 0 Å². The van der Waals surface area contributed by atoms with Crippen molar-refractivity contribution in [2.75, 3.05) is 13.1 Å². The fourth-order valence-corrected chi connectivity index (χ4v) is 2.94. The SMILES string of the molecule is Cc1nc(Cn2cncc2C2(C)CCNCC2)oc1C. The summed E-state index contributed by atoms with van der Waals surface area (Å²) in [6.45, 7) is 9.05. The summed E-state index contributed by atoms with van der Waals surface area (Å²) in [5.41, 5.74) is 2.44. The first-order valence-corrected chi connectivity index (χ1v) is 7.23. The van der Waals surface area contributed by atoms with Gasteiger partial charge in [-0.25, -0.2) is 9.97 Å². The van der Waals surface area contributed by atoms with E-state index in [0.29, 0.717) is 6.54 Å². The van der Waals surface area contributed by atoms with Crippen LogP contribution >= 0.6 is 0 Å². The van der Waals surface area contributed by atoms with Crippen LogP contribution in [0.3, 0.4) is 0 Å². The number of hydrogen-bond acceptors (Lipinski definition) is 4. The number of piperidine rings is 1. The first-order valence-electron chi connectivity index (χ1n) is 7.23. The molecule has 1 fully saturated rings. The first-order chi connectivity index (χ1) is 9.58. The van der Waals surface area contributed by atoms with Gasteiger partial charge in [0.05, 0.1) is 12.0 Å². The van der Waals surface area contributed by atoms with E-state index in [4.69, 9.17) is 4.42 Å². The molecule has 2 aromatic heterocycles. The molecule has 3 rings (SSSR count). The van der Waals surface area contributed by atoms with Gasteiger partial charge < -0.3 is 14.3 Å². The predicted octanol–water partition coefficient (Wildman–Crippen LogP) is 2.18. The van der Waals surface area contributed by atoms with Crippen molar-refractivity contribution >= 4 is 0 Å². The molecule has 0 aromatic carbocycles. The van der Waals surface area contributed by atoms with E-state index >= 15 is 0 Å². The van der Waals surface area contributed by atoms with E-state index in [1.54, 1.807) is 0 Å². The standard InChI is InChI=1S/C15H22N4O/c1-11-12(2)20-14(18-11)9-19-10-17-8-13(19)15(3)4-6-16-7-5-15/h8,10,16H,4-7,9H2,1-3H3. The van der Waals surface area contributed by atoms with E-state index in [-0.39, 0.29) is 5.41 Å². The predicted molar refractivity (Wildman–Crippen MR) is 76.8 cm³/mol. The van der Waals surface area contributed by atoms with Crippen LogP contribution in [-0.4, -0.2) is 27.6 Å². The highest BCUT2D eigenvalue weighted by atomic mass is 16.4. The highest BCUT2D eigenvalue weighted by Gasteiger charge is 2.31. The lowest BCUT2D eigenvalue weighted by Gasteiger charge is -2.34. The Morgan fingerprint density at radius 1 is 1.35 bits per heavy atom. The van der Waals surface area contributed by atoms with Crippen LogP contribution in [0.25, 0.3) is 0 Å². The zero-order chi connectivity index (χ0) is 14.2.